The Kier molecular flexibility index (Phi) is 5.82. The first-order valence-corrected chi connectivity index (χ1v) is 11.5. The van der Waals surface area contributed by atoms with Gasteiger partial charge in [0.2, 0.25) is 0 Å². The average molecular weight is 437 g/mol. The summed E-state index contributed by atoms with van der Waals surface area (Å²) in [5, 5.41) is 0.523. The van der Waals surface area contributed by atoms with Crippen molar-refractivity contribution in [3.8, 4) is 16.9 Å². The molecule has 156 valence electrons. The van der Waals surface area contributed by atoms with Crippen LogP contribution >= 0.6 is 11.6 Å². The van der Waals surface area contributed by atoms with Crippen molar-refractivity contribution < 1.29 is 22.5 Å². The van der Waals surface area contributed by atoms with E-state index >= 15 is 0 Å². The summed E-state index contributed by atoms with van der Waals surface area (Å²) in [5.41, 5.74) is 1.34. The first kappa shape index (κ1) is 22.2. The smallest absolute Gasteiger partial charge is 0.494 e. The largest absolute Gasteiger partial charge is 0.496 e. The molecular weight excluding hydrogens is 411 g/mol. The van der Waals surface area contributed by atoms with Crippen LogP contribution in [-0.4, -0.2) is 39.6 Å². The van der Waals surface area contributed by atoms with E-state index in [1.807, 2.05) is 39.8 Å². The Morgan fingerprint density at radius 3 is 2.17 bits per heavy atom. The van der Waals surface area contributed by atoms with Gasteiger partial charge in [0.15, 0.2) is 9.84 Å². The van der Waals surface area contributed by atoms with Crippen molar-refractivity contribution in [3.05, 3.63) is 41.4 Å². The van der Waals surface area contributed by atoms with Gasteiger partial charge in [-0.05, 0) is 57.4 Å². The molecule has 3 rings (SSSR count). The van der Waals surface area contributed by atoms with Gasteiger partial charge < -0.3 is 14.0 Å². The normalized spacial score (nSPS) is 18.1. The first-order chi connectivity index (χ1) is 13.4. The predicted octanol–water partition coefficient (Wildman–Crippen LogP) is 4.11. The number of benzene rings is 2. The Hall–Kier alpha value is -1.54. The number of halogens is 1. The Bertz CT molecular complexity index is 1020. The molecule has 0 saturated carbocycles. The summed E-state index contributed by atoms with van der Waals surface area (Å²) in [5.74, 6) is 0.459. The van der Waals surface area contributed by atoms with Crippen LogP contribution in [0.2, 0.25) is 5.02 Å². The van der Waals surface area contributed by atoms with Crippen molar-refractivity contribution in [3.63, 3.8) is 0 Å². The van der Waals surface area contributed by atoms with E-state index in [4.69, 9.17) is 25.6 Å². The monoisotopic (exact) mass is 436 g/mol. The van der Waals surface area contributed by atoms with E-state index in [2.05, 4.69) is 0 Å². The molecule has 1 saturated heterocycles. The summed E-state index contributed by atoms with van der Waals surface area (Å²) in [4.78, 5) is 0.221. The van der Waals surface area contributed by atoms with Crippen LogP contribution < -0.4 is 10.2 Å². The minimum Gasteiger partial charge on any atom is -0.496 e. The Morgan fingerprint density at radius 2 is 1.62 bits per heavy atom. The summed E-state index contributed by atoms with van der Waals surface area (Å²) in [6, 6.07) is 10.4. The van der Waals surface area contributed by atoms with E-state index in [0.29, 0.717) is 16.3 Å². The van der Waals surface area contributed by atoms with E-state index in [0.717, 1.165) is 11.0 Å². The van der Waals surface area contributed by atoms with E-state index < -0.39 is 28.2 Å². The summed E-state index contributed by atoms with van der Waals surface area (Å²) in [7, 11) is -2.36. The molecular formula is C21H26BClO5S. The summed E-state index contributed by atoms with van der Waals surface area (Å²) in [6.07, 6.45) is 0. The van der Waals surface area contributed by atoms with E-state index in [-0.39, 0.29) is 10.6 Å². The second kappa shape index (κ2) is 7.62. The van der Waals surface area contributed by atoms with E-state index in [9.17, 15) is 8.42 Å². The third-order valence-electron chi connectivity index (χ3n) is 5.72. The summed E-state index contributed by atoms with van der Waals surface area (Å²) in [6.45, 7) is 9.61. The van der Waals surface area contributed by atoms with E-state index in [1.165, 1.54) is 13.2 Å². The molecule has 2 aromatic carbocycles. The minimum absolute atomic E-state index is 0.0215. The van der Waals surface area contributed by atoms with Gasteiger partial charge in [0.05, 0.1) is 29.0 Å². The molecule has 1 fully saturated rings. The van der Waals surface area contributed by atoms with Crippen LogP contribution in [0, 0.1) is 0 Å². The van der Waals surface area contributed by atoms with Crippen LogP contribution in [0.5, 0.6) is 5.75 Å². The minimum atomic E-state index is -3.34. The third-order valence-corrected chi connectivity index (χ3v) is 7.78. The number of sulfone groups is 1. The maximum absolute atomic E-state index is 12.2. The predicted molar refractivity (Wildman–Crippen MR) is 117 cm³/mol. The molecule has 0 atom stereocenters. The molecule has 1 aliphatic heterocycles. The number of hydrogen-bond donors (Lipinski definition) is 0. The lowest BCUT2D eigenvalue weighted by Gasteiger charge is -2.32. The standard InChI is InChI=1S/C21H26BClO5S/c1-7-29(24,25)15-9-10-16(19(13-15)26-6)17-12-14(8-11-18(17)23)22-27-20(2,3)21(4,5)28-22/h8-13H,7H2,1-6H3. The molecule has 0 unspecified atom stereocenters. The Labute approximate surface area is 178 Å². The molecule has 0 aliphatic carbocycles. The molecule has 1 heterocycles. The maximum atomic E-state index is 12.2. The molecule has 1 aliphatic rings. The highest BCUT2D eigenvalue weighted by Crippen LogP contribution is 2.39. The zero-order valence-electron chi connectivity index (χ0n) is 17.6. The fraction of sp³-hybridized carbons (Fsp3) is 0.429. The molecule has 0 aromatic heterocycles. The van der Waals surface area contributed by atoms with Crippen LogP contribution in [0.1, 0.15) is 34.6 Å². The quantitative estimate of drug-likeness (QED) is 0.660. The summed E-state index contributed by atoms with van der Waals surface area (Å²) < 4.78 is 42.2. The highest BCUT2D eigenvalue weighted by atomic mass is 35.5. The number of rotatable bonds is 5. The molecule has 0 spiro atoms. The Balaban J connectivity index is 2.06. The second-order valence-electron chi connectivity index (χ2n) is 8.09. The maximum Gasteiger partial charge on any atom is 0.494 e. The fourth-order valence-electron chi connectivity index (χ4n) is 3.13. The number of ether oxygens (including phenoxy) is 1. The molecule has 0 amide bonds. The van der Waals surface area contributed by atoms with Gasteiger partial charge in [-0.1, -0.05) is 30.7 Å². The Morgan fingerprint density at radius 1 is 1.00 bits per heavy atom. The summed E-state index contributed by atoms with van der Waals surface area (Å²) >= 11 is 6.48. The van der Waals surface area contributed by atoms with Crippen molar-refractivity contribution in [1.29, 1.82) is 0 Å². The van der Waals surface area contributed by atoms with Crippen molar-refractivity contribution in [2.45, 2.75) is 50.7 Å². The van der Waals surface area contributed by atoms with Gasteiger partial charge in [-0.2, -0.15) is 0 Å². The average Bonchev–Trinajstić information content (AvgIpc) is 2.89. The second-order valence-corrected chi connectivity index (χ2v) is 10.8. The van der Waals surface area contributed by atoms with Crippen molar-refractivity contribution in [2.24, 2.45) is 0 Å². The molecule has 2 aromatic rings. The van der Waals surface area contributed by atoms with Gasteiger partial charge in [-0.15, -0.1) is 0 Å². The van der Waals surface area contributed by atoms with Crippen molar-refractivity contribution in [2.75, 3.05) is 12.9 Å². The molecule has 0 N–H and O–H groups in total. The molecule has 8 heteroatoms. The molecule has 29 heavy (non-hydrogen) atoms. The van der Waals surface area contributed by atoms with Crippen LogP contribution in [0.4, 0.5) is 0 Å². The van der Waals surface area contributed by atoms with Gasteiger partial charge in [0.25, 0.3) is 0 Å². The first-order valence-electron chi connectivity index (χ1n) is 9.48. The topological polar surface area (TPSA) is 61.8 Å². The third kappa shape index (κ3) is 4.06. The van der Waals surface area contributed by atoms with Gasteiger partial charge >= 0.3 is 7.12 Å². The SMILES string of the molecule is CCS(=O)(=O)c1ccc(-c2cc(B3OC(C)(C)C(C)(C)O3)ccc2Cl)c(OC)c1. The molecule has 5 nitrogen and oxygen atoms in total. The number of hydrogen-bond acceptors (Lipinski definition) is 5. The molecule has 0 radical (unpaired) electrons. The zero-order valence-corrected chi connectivity index (χ0v) is 19.1. The van der Waals surface area contributed by atoms with Crippen molar-refractivity contribution in [1.82, 2.24) is 0 Å². The number of methoxy groups -OCH3 is 1. The fourth-order valence-corrected chi connectivity index (χ4v) is 4.24. The van der Waals surface area contributed by atoms with Gasteiger partial charge in [0, 0.05) is 16.1 Å². The van der Waals surface area contributed by atoms with Crippen LogP contribution in [0.25, 0.3) is 11.1 Å². The van der Waals surface area contributed by atoms with Crippen molar-refractivity contribution >= 4 is 34.0 Å². The van der Waals surface area contributed by atoms with Gasteiger partial charge in [0.1, 0.15) is 5.75 Å². The highest BCUT2D eigenvalue weighted by molar-refractivity contribution is 7.91. The lowest BCUT2D eigenvalue weighted by Crippen LogP contribution is -2.41. The lowest BCUT2D eigenvalue weighted by molar-refractivity contribution is 0.00578. The van der Waals surface area contributed by atoms with Crippen LogP contribution in [-0.2, 0) is 19.1 Å². The zero-order chi connectivity index (χ0) is 21.6. The van der Waals surface area contributed by atoms with Crippen LogP contribution in [0.15, 0.2) is 41.3 Å². The van der Waals surface area contributed by atoms with Crippen LogP contribution in [0.3, 0.4) is 0 Å². The van der Waals surface area contributed by atoms with E-state index in [1.54, 1.807) is 25.1 Å². The molecule has 0 bridgehead atoms. The lowest BCUT2D eigenvalue weighted by atomic mass is 9.78. The van der Waals surface area contributed by atoms with Gasteiger partial charge in [-0.25, -0.2) is 8.42 Å². The highest BCUT2D eigenvalue weighted by Gasteiger charge is 2.51. The van der Waals surface area contributed by atoms with Gasteiger partial charge in [-0.3, -0.25) is 0 Å².